The van der Waals surface area contributed by atoms with Crippen LogP contribution in [0.25, 0.3) is 33.2 Å². The molecule has 0 radical (unpaired) electrons. The minimum Gasteiger partial charge on any atom is -0.256 e. The number of hydrogen-bond donors (Lipinski definition) is 0. The number of fused-ring (bicyclic) bond motifs is 1. The molecule has 1 heterocycles. The topological polar surface area (TPSA) is 12.9 Å². The maximum Gasteiger partial charge on any atom is 0.123 e. The predicted octanol–water partition coefficient (Wildman–Crippen LogP) is 6.36. The Morgan fingerprint density at radius 1 is 0.792 bits per heavy atom. The smallest absolute Gasteiger partial charge is 0.123 e. The largest absolute Gasteiger partial charge is 0.256 e. The molecule has 1 nitrogen and oxygen atoms in total. The molecule has 0 aliphatic carbocycles. The second-order valence-corrected chi connectivity index (χ2v) is 5.96. The molecule has 0 aliphatic rings. The van der Waals surface area contributed by atoms with Crippen LogP contribution in [0.5, 0.6) is 0 Å². The Labute approximate surface area is 144 Å². The van der Waals surface area contributed by atoms with E-state index in [0.717, 1.165) is 33.2 Å². The van der Waals surface area contributed by atoms with Crippen molar-refractivity contribution in [3.8, 4) is 22.3 Å². The molecule has 116 valence electrons. The first kappa shape index (κ1) is 14.9. The van der Waals surface area contributed by atoms with E-state index in [1.807, 2.05) is 60.8 Å². The van der Waals surface area contributed by atoms with Gasteiger partial charge in [0.05, 0.1) is 5.52 Å². The fraction of sp³-hybridized carbons (Fsp3) is 0. The highest BCUT2D eigenvalue weighted by Crippen LogP contribution is 2.39. The molecular formula is C21H13ClFN. The Morgan fingerprint density at radius 2 is 1.54 bits per heavy atom. The number of aromatic nitrogens is 1. The minimum absolute atomic E-state index is 0.280. The summed E-state index contributed by atoms with van der Waals surface area (Å²) in [6, 6.07) is 22.2. The summed E-state index contributed by atoms with van der Waals surface area (Å²) in [4.78, 5) is 4.50. The van der Waals surface area contributed by atoms with E-state index >= 15 is 0 Å². The first-order valence-electron chi connectivity index (χ1n) is 7.62. The summed E-state index contributed by atoms with van der Waals surface area (Å²) in [5.41, 5.74) is 4.48. The molecule has 0 amide bonds. The Balaban J connectivity index is 2.13. The van der Waals surface area contributed by atoms with Gasteiger partial charge in [-0.05, 0) is 29.8 Å². The third kappa shape index (κ3) is 2.55. The van der Waals surface area contributed by atoms with Gasteiger partial charge in [-0.2, -0.15) is 0 Å². The number of hydrogen-bond acceptors (Lipinski definition) is 1. The summed E-state index contributed by atoms with van der Waals surface area (Å²) < 4.78 is 13.9. The summed E-state index contributed by atoms with van der Waals surface area (Å²) in [6.45, 7) is 0. The van der Waals surface area contributed by atoms with Gasteiger partial charge in [0.1, 0.15) is 5.82 Å². The molecule has 3 aromatic carbocycles. The molecule has 0 fully saturated rings. The van der Waals surface area contributed by atoms with E-state index in [1.54, 1.807) is 6.07 Å². The van der Waals surface area contributed by atoms with Crippen LogP contribution in [-0.2, 0) is 0 Å². The first-order valence-corrected chi connectivity index (χ1v) is 8.00. The summed E-state index contributed by atoms with van der Waals surface area (Å²) >= 11 is 6.40. The lowest BCUT2D eigenvalue weighted by molar-refractivity contribution is 0.629. The fourth-order valence-corrected chi connectivity index (χ4v) is 3.20. The van der Waals surface area contributed by atoms with Crippen LogP contribution in [-0.4, -0.2) is 4.98 Å². The van der Waals surface area contributed by atoms with Crippen molar-refractivity contribution in [1.29, 1.82) is 0 Å². The Kier molecular flexibility index (Phi) is 3.75. The zero-order chi connectivity index (χ0) is 16.5. The van der Waals surface area contributed by atoms with E-state index < -0.39 is 0 Å². The van der Waals surface area contributed by atoms with Crippen LogP contribution in [0.3, 0.4) is 0 Å². The average molecular weight is 334 g/mol. The van der Waals surface area contributed by atoms with Crippen molar-refractivity contribution < 1.29 is 4.39 Å². The number of nitrogens with zero attached hydrogens (tertiary/aromatic N) is 1. The zero-order valence-electron chi connectivity index (χ0n) is 12.7. The van der Waals surface area contributed by atoms with Crippen molar-refractivity contribution in [2.45, 2.75) is 0 Å². The maximum absolute atomic E-state index is 13.9. The normalized spacial score (nSPS) is 10.9. The highest BCUT2D eigenvalue weighted by Gasteiger charge is 2.15. The van der Waals surface area contributed by atoms with E-state index in [0.29, 0.717) is 5.02 Å². The molecule has 4 aromatic rings. The molecule has 0 aliphatic heterocycles. The van der Waals surface area contributed by atoms with Gasteiger partial charge in [-0.1, -0.05) is 60.1 Å². The summed E-state index contributed by atoms with van der Waals surface area (Å²) in [5.74, 6) is -0.280. The molecule has 0 atom stereocenters. The van der Waals surface area contributed by atoms with Gasteiger partial charge in [0, 0.05) is 33.3 Å². The second kappa shape index (κ2) is 6.06. The van der Waals surface area contributed by atoms with Gasteiger partial charge in [-0.15, -0.1) is 0 Å². The van der Waals surface area contributed by atoms with Gasteiger partial charge in [0.2, 0.25) is 0 Å². The van der Waals surface area contributed by atoms with Crippen molar-refractivity contribution in [2.24, 2.45) is 0 Å². The van der Waals surface area contributed by atoms with Gasteiger partial charge >= 0.3 is 0 Å². The molecule has 0 N–H and O–H groups in total. The summed E-state index contributed by atoms with van der Waals surface area (Å²) in [6.07, 6.45) is 1.81. The Morgan fingerprint density at radius 3 is 2.33 bits per heavy atom. The molecule has 0 spiro atoms. The lowest BCUT2D eigenvalue weighted by atomic mass is 9.92. The predicted molar refractivity (Wildman–Crippen MR) is 97.6 cm³/mol. The molecule has 4 rings (SSSR count). The first-order chi connectivity index (χ1) is 11.7. The molecule has 24 heavy (non-hydrogen) atoms. The second-order valence-electron chi connectivity index (χ2n) is 5.55. The van der Waals surface area contributed by atoms with Crippen LogP contribution >= 0.6 is 11.6 Å². The SMILES string of the molecule is Fc1ccc2ncc(-c3ccccc3Cl)c(-c3ccccc3)c2c1. The van der Waals surface area contributed by atoms with Crippen LogP contribution in [0, 0.1) is 5.82 Å². The third-order valence-corrected chi connectivity index (χ3v) is 4.39. The average Bonchev–Trinajstić information content (AvgIpc) is 2.62. The van der Waals surface area contributed by atoms with Crippen molar-refractivity contribution >= 4 is 22.5 Å². The molecule has 0 saturated carbocycles. The van der Waals surface area contributed by atoms with Crippen molar-refractivity contribution in [3.63, 3.8) is 0 Å². The van der Waals surface area contributed by atoms with E-state index in [2.05, 4.69) is 4.98 Å². The van der Waals surface area contributed by atoms with Crippen LogP contribution in [0.15, 0.2) is 79.0 Å². The maximum atomic E-state index is 13.9. The standard InChI is InChI=1S/C21H13ClFN/c22-19-9-5-4-8-16(19)18-13-24-20-11-10-15(23)12-17(20)21(18)14-6-2-1-3-7-14/h1-13H. The van der Waals surface area contributed by atoms with E-state index in [9.17, 15) is 4.39 Å². The van der Waals surface area contributed by atoms with Crippen molar-refractivity contribution in [1.82, 2.24) is 4.98 Å². The monoisotopic (exact) mass is 333 g/mol. The molecule has 0 unspecified atom stereocenters. The van der Waals surface area contributed by atoms with Gasteiger partial charge in [-0.25, -0.2) is 4.39 Å². The van der Waals surface area contributed by atoms with Gasteiger partial charge < -0.3 is 0 Å². The summed E-state index contributed by atoms with van der Waals surface area (Å²) in [7, 11) is 0. The lowest BCUT2D eigenvalue weighted by Crippen LogP contribution is -1.92. The molecule has 1 aromatic heterocycles. The molecule has 3 heteroatoms. The summed E-state index contributed by atoms with van der Waals surface area (Å²) in [5, 5.41) is 1.42. The highest BCUT2D eigenvalue weighted by molar-refractivity contribution is 6.33. The van der Waals surface area contributed by atoms with Crippen molar-refractivity contribution in [3.05, 3.63) is 89.8 Å². The van der Waals surface area contributed by atoms with E-state index in [1.165, 1.54) is 12.1 Å². The van der Waals surface area contributed by atoms with Crippen LogP contribution in [0.4, 0.5) is 4.39 Å². The van der Waals surface area contributed by atoms with Crippen LogP contribution in [0.1, 0.15) is 0 Å². The molecule has 0 saturated heterocycles. The van der Waals surface area contributed by atoms with E-state index in [-0.39, 0.29) is 5.82 Å². The lowest BCUT2D eigenvalue weighted by Gasteiger charge is -2.14. The highest BCUT2D eigenvalue weighted by atomic mass is 35.5. The van der Waals surface area contributed by atoms with Crippen LogP contribution in [0.2, 0.25) is 5.02 Å². The number of pyridine rings is 1. The zero-order valence-corrected chi connectivity index (χ0v) is 13.5. The third-order valence-electron chi connectivity index (χ3n) is 4.06. The minimum atomic E-state index is -0.280. The molecule has 0 bridgehead atoms. The Bertz CT molecular complexity index is 1030. The van der Waals surface area contributed by atoms with Crippen LogP contribution < -0.4 is 0 Å². The quantitative estimate of drug-likeness (QED) is 0.416. The number of benzene rings is 3. The van der Waals surface area contributed by atoms with Gasteiger partial charge in [0.15, 0.2) is 0 Å². The van der Waals surface area contributed by atoms with Gasteiger partial charge in [-0.3, -0.25) is 4.98 Å². The number of rotatable bonds is 2. The Hall–Kier alpha value is -2.71. The number of halogens is 2. The molecular weight excluding hydrogens is 321 g/mol. The fourth-order valence-electron chi connectivity index (χ4n) is 2.96. The van der Waals surface area contributed by atoms with Gasteiger partial charge in [0.25, 0.3) is 0 Å². The van der Waals surface area contributed by atoms with Crippen molar-refractivity contribution in [2.75, 3.05) is 0 Å². The van der Waals surface area contributed by atoms with E-state index in [4.69, 9.17) is 11.6 Å².